The lowest BCUT2D eigenvalue weighted by Gasteiger charge is -2.26. The molecule has 3 fully saturated rings. The van der Waals surface area contributed by atoms with Crippen LogP contribution in [0, 0.1) is 46.9 Å². The van der Waals surface area contributed by atoms with E-state index in [1.807, 2.05) is 0 Å². The molecule has 38 nitrogen and oxygen atoms in total. The molecular formula is C91H81F17N24O14. The number of anilines is 3. The highest BCUT2D eigenvalue weighted by Crippen LogP contribution is 2.44. The Morgan fingerprint density at radius 3 is 0.815 bits per heavy atom. The van der Waals surface area contributed by atoms with Crippen LogP contribution in [0.2, 0.25) is 0 Å². The molecule has 768 valence electrons. The molecule has 3 aliphatic heterocycles. The van der Waals surface area contributed by atoms with Crippen LogP contribution in [0.3, 0.4) is 0 Å². The highest BCUT2D eigenvalue weighted by molar-refractivity contribution is 5.75. The number of hydrogen-bond acceptors (Lipinski definition) is 36. The standard InChI is InChI=1S/C23H21F4N5O3.C22H20F4N6O2.C22H19F4N5O3.C12H10F2N4O3.C8H10N2O3.C4HF3N2/c1-34-19(33)9-18-28-10-14(11-29-18)12-35-22-20(24)21(30-13-31-22)32-8-2-3-17(32)15-4-6-16(7-5-15)23(25,26)27;23-19-20(32-7-1-2-16(32)14-3-5-15(6-4-14)22(24,25)26)30-12-31-21(19)34-11-13-9-28-18(29-10-13)8-17(27)33;23-19-20(31-7-1-2-16(31)14-3-5-15(6-4-14)22(24,25)26)29-12-30-21(19)34-11-13-9-27-17(28-10-13)8-18(32)33;1-20-9(19)2-8-15-3-7(4-16-8)5-21-12-10(13)11(14)17-6-18-12;1-13-8(12)2-7-9-3-6(5-11)4-10-7;5-2-3(6)8-1-9-4(2)7/h4-7,10-11,13,17H,2-3,8-9,12H2,1H3;3-6,9-10,12,16H,1-2,7-8,11H2,(H2,27,33);3-6,9-10,12,16H,1-2,7-8,11H2,(H,32,33);3-4,6H,2,5H2,1H3;3-4,11H,2,5H2,1H3;1H. The highest BCUT2D eigenvalue weighted by Gasteiger charge is 2.38. The smallest absolute Gasteiger partial charge is 0.416 e. The zero-order valence-corrected chi connectivity index (χ0v) is 76.3. The van der Waals surface area contributed by atoms with E-state index in [4.69, 9.17) is 34.9 Å². The van der Waals surface area contributed by atoms with Crippen molar-refractivity contribution in [2.24, 2.45) is 5.73 Å². The lowest BCUT2D eigenvalue weighted by molar-refractivity contribution is -0.140. The van der Waals surface area contributed by atoms with Crippen molar-refractivity contribution in [2.45, 2.75) is 140 Å². The Balaban J connectivity index is 0.000000175. The molecule has 55 heteroatoms. The van der Waals surface area contributed by atoms with Crippen molar-refractivity contribution in [3.8, 4) is 23.5 Å². The molecule has 3 saturated heterocycles. The molecule has 10 aromatic heterocycles. The summed E-state index contributed by atoms with van der Waals surface area (Å²) in [6, 6.07) is 13.6. The van der Waals surface area contributed by atoms with Gasteiger partial charge in [-0.3, -0.25) is 24.0 Å². The summed E-state index contributed by atoms with van der Waals surface area (Å²) >= 11 is 0. The summed E-state index contributed by atoms with van der Waals surface area (Å²) in [5, 5.41) is 17.4. The van der Waals surface area contributed by atoms with Gasteiger partial charge in [-0.05, 0) is 91.6 Å². The van der Waals surface area contributed by atoms with E-state index in [1.165, 1.54) is 132 Å². The molecule has 4 N–H and O–H groups in total. The number of carboxylic acids is 1. The van der Waals surface area contributed by atoms with E-state index in [-0.39, 0.29) is 148 Å². The summed E-state index contributed by atoms with van der Waals surface area (Å²) in [7, 11) is 3.84. The third-order valence-electron chi connectivity index (χ3n) is 20.8. The SMILES string of the molecule is COC(=O)Cc1ncc(CO)cn1.COC(=O)Cc1ncc(COc2ncnc(F)c2F)cn1.COC(=O)Cc1ncc(COc2ncnc(N3CCCC3c3ccc(C(F)(F)F)cc3)c2F)cn1.Fc1ncnc(F)c1F.NC(=O)Cc1ncc(COc2ncnc(N3CCCC3c3ccc(C(F)(F)F)cc3)c2F)cn1.O=C(O)Cc1ncc(COc2ncnc(N3CCCC3c3ccc(C(F)(F)F)cc3)c2F)cn1. The molecule has 0 bridgehead atoms. The first-order valence-electron chi connectivity index (χ1n) is 42.9. The van der Waals surface area contributed by atoms with E-state index in [0.29, 0.717) is 102 Å². The number of alkyl halides is 9. The van der Waals surface area contributed by atoms with Crippen molar-refractivity contribution in [3.05, 3.63) is 304 Å². The van der Waals surface area contributed by atoms with Gasteiger partial charge in [-0.1, -0.05) is 36.4 Å². The minimum atomic E-state index is -4.43. The van der Waals surface area contributed by atoms with Crippen molar-refractivity contribution in [1.29, 1.82) is 0 Å². The summed E-state index contributed by atoms with van der Waals surface area (Å²) in [5.41, 5.74) is 7.44. The van der Waals surface area contributed by atoms with Gasteiger partial charge in [-0.15, -0.1) is 0 Å². The van der Waals surface area contributed by atoms with Gasteiger partial charge in [0.05, 0.1) is 69.2 Å². The molecule has 3 atom stereocenters. The lowest BCUT2D eigenvalue weighted by Crippen LogP contribution is -2.25. The molecule has 0 aliphatic carbocycles. The van der Waals surface area contributed by atoms with Crippen LogP contribution in [0.1, 0.15) is 147 Å². The first-order chi connectivity index (χ1) is 69.8. The summed E-state index contributed by atoms with van der Waals surface area (Å²) in [6.07, 6.45) is 9.56. The number of aliphatic hydroxyl groups excluding tert-OH is 1. The zero-order chi connectivity index (χ0) is 105. The molecular weight excluding hydrogens is 1980 g/mol. The quantitative estimate of drug-likeness (QED) is 0.0170. The van der Waals surface area contributed by atoms with Gasteiger partial charge >= 0.3 is 42.4 Å². The third kappa shape index (κ3) is 31.6. The molecule has 0 radical (unpaired) electrons. The number of methoxy groups -OCH3 is 3. The molecule has 16 rings (SSSR count). The van der Waals surface area contributed by atoms with Crippen LogP contribution in [0.4, 0.5) is 92.1 Å². The number of carbonyl (C=O) groups is 5. The molecule has 0 spiro atoms. The third-order valence-corrected chi connectivity index (χ3v) is 20.8. The summed E-state index contributed by atoms with van der Waals surface area (Å²) in [5.74, 6) is -12.3. The van der Waals surface area contributed by atoms with Gasteiger partial charge < -0.3 is 63.8 Å². The number of halogens is 17. The monoisotopic (exact) mass is 2060 g/mol. The van der Waals surface area contributed by atoms with Crippen molar-refractivity contribution < 1.29 is 142 Å². The van der Waals surface area contributed by atoms with Crippen LogP contribution in [-0.2, 0) is 122 Å². The van der Waals surface area contributed by atoms with Crippen LogP contribution < -0.4 is 39.4 Å². The largest absolute Gasteiger partial charge is 0.481 e. The maximum absolute atomic E-state index is 15.3. The number of hydrogen-bond donors (Lipinski definition) is 3. The summed E-state index contributed by atoms with van der Waals surface area (Å²) in [6.45, 7) is 0.967. The Morgan fingerprint density at radius 1 is 0.329 bits per heavy atom. The molecule has 3 aromatic carbocycles. The number of aromatic nitrogens is 20. The number of esters is 3. The molecule has 1 amide bonds. The van der Waals surface area contributed by atoms with Crippen molar-refractivity contribution >= 4 is 47.2 Å². The normalized spacial score (nSPS) is 14.2. The number of amides is 1. The van der Waals surface area contributed by atoms with Crippen LogP contribution in [0.25, 0.3) is 0 Å². The van der Waals surface area contributed by atoms with Gasteiger partial charge in [0.15, 0.2) is 17.5 Å². The van der Waals surface area contributed by atoms with Crippen LogP contribution in [0.5, 0.6) is 23.5 Å². The van der Waals surface area contributed by atoms with Crippen LogP contribution in [0.15, 0.2) is 166 Å². The molecule has 13 aromatic rings. The second kappa shape index (κ2) is 51.7. The van der Waals surface area contributed by atoms with Crippen molar-refractivity contribution in [2.75, 3.05) is 55.7 Å². The minimum Gasteiger partial charge on any atom is -0.481 e. The highest BCUT2D eigenvalue weighted by atomic mass is 19.4. The number of rotatable bonds is 29. The topological polar surface area (TPSA) is 484 Å². The van der Waals surface area contributed by atoms with E-state index in [9.17, 15) is 85.4 Å². The van der Waals surface area contributed by atoms with E-state index < -0.39 is 112 Å². The fraction of sp³-hybridized carbons (Fsp3) is 0.308. The molecule has 3 unspecified atom stereocenters. The number of nitrogens with two attached hydrogens (primary N) is 1. The second-order valence-corrected chi connectivity index (χ2v) is 30.7. The second-order valence-electron chi connectivity index (χ2n) is 30.7. The predicted molar refractivity (Wildman–Crippen MR) is 467 cm³/mol. The average Bonchev–Trinajstić information content (AvgIpc) is 1.66. The summed E-state index contributed by atoms with van der Waals surface area (Å²) in [4.78, 5) is 135. The first kappa shape index (κ1) is 110. The lowest BCUT2D eigenvalue weighted by atomic mass is 10.0. The van der Waals surface area contributed by atoms with Gasteiger partial charge in [0.1, 0.15) is 113 Å². The predicted octanol–water partition coefficient (Wildman–Crippen LogP) is 12.8. The Kier molecular flexibility index (Phi) is 38.8. The van der Waals surface area contributed by atoms with Gasteiger partial charge in [-0.2, -0.15) is 94.6 Å². The van der Waals surface area contributed by atoms with Gasteiger partial charge in [0.25, 0.3) is 41.4 Å². The Bertz CT molecular complexity index is 6320. The number of nitrogens with zero attached hydrogens (tertiary/aromatic N) is 23. The first-order valence-corrected chi connectivity index (χ1v) is 42.9. The number of primary amides is 1. The number of carboxylic acid groups (broad SMARTS) is 1. The van der Waals surface area contributed by atoms with E-state index in [1.54, 1.807) is 14.7 Å². The Morgan fingerprint density at radius 2 is 0.568 bits per heavy atom. The number of benzene rings is 3. The molecule has 3 aliphatic rings. The van der Waals surface area contributed by atoms with Gasteiger partial charge in [0, 0.05) is 109 Å². The van der Waals surface area contributed by atoms with Crippen LogP contribution in [-0.4, -0.2) is 181 Å². The van der Waals surface area contributed by atoms with E-state index in [0.717, 1.165) is 61.9 Å². The number of aliphatic hydroxyl groups is 1. The summed E-state index contributed by atoms with van der Waals surface area (Å²) < 4.78 is 258. The van der Waals surface area contributed by atoms with Crippen molar-refractivity contribution in [1.82, 2.24) is 99.7 Å². The number of aliphatic carboxylic acids is 1. The fourth-order valence-electron chi connectivity index (χ4n) is 13.7. The minimum absolute atomic E-state index is 0.000420. The average molecular weight is 2060 g/mol. The molecule has 146 heavy (non-hydrogen) atoms. The van der Waals surface area contributed by atoms with E-state index in [2.05, 4.69) is 114 Å². The number of carbonyl (C=O) groups excluding carboxylic acids is 4. The Labute approximate surface area is 814 Å². The maximum Gasteiger partial charge on any atom is 0.416 e. The van der Waals surface area contributed by atoms with Crippen LogP contribution >= 0.6 is 0 Å². The van der Waals surface area contributed by atoms with Gasteiger partial charge in [-0.25, -0.2) is 79.7 Å². The molecule has 13 heterocycles. The van der Waals surface area contributed by atoms with E-state index >= 15 is 13.2 Å². The van der Waals surface area contributed by atoms with Gasteiger partial charge in [0.2, 0.25) is 35.0 Å². The molecule has 0 saturated carbocycles. The maximum atomic E-state index is 15.3. The Hall–Kier alpha value is -16.8. The van der Waals surface area contributed by atoms with Crippen molar-refractivity contribution in [3.63, 3.8) is 0 Å². The number of ether oxygens (including phenoxy) is 7. The zero-order valence-electron chi connectivity index (χ0n) is 76.3. The fourth-order valence-corrected chi connectivity index (χ4v) is 13.7.